The molecule has 26 heavy (non-hydrogen) atoms. The summed E-state index contributed by atoms with van der Waals surface area (Å²) in [6, 6.07) is 14.0. The van der Waals surface area contributed by atoms with Crippen molar-refractivity contribution in [1.29, 1.82) is 0 Å². The molecule has 0 atom stereocenters. The molecule has 0 unspecified atom stereocenters. The summed E-state index contributed by atoms with van der Waals surface area (Å²) in [7, 11) is 3.23. The lowest BCUT2D eigenvalue weighted by Gasteiger charge is -2.11. The Hall–Kier alpha value is -2.69. The van der Waals surface area contributed by atoms with Gasteiger partial charge in [-0.2, -0.15) is 0 Å². The monoisotopic (exact) mass is 356 g/mol. The molecular weight excluding hydrogens is 328 g/mol. The first-order valence-corrected chi connectivity index (χ1v) is 8.85. The molecule has 0 radical (unpaired) electrons. The van der Waals surface area contributed by atoms with Crippen molar-refractivity contribution in [2.24, 2.45) is 0 Å². The number of hydrogen-bond donors (Lipinski definition) is 2. The molecule has 2 rings (SSSR count). The first-order chi connectivity index (χ1) is 12.5. The van der Waals surface area contributed by atoms with Crippen molar-refractivity contribution < 1.29 is 14.3 Å². The predicted molar refractivity (Wildman–Crippen MR) is 105 cm³/mol. The quantitative estimate of drug-likeness (QED) is 0.721. The van der Waals surface area contributed by atoms with E-state index in [1.165, 1.54) is 5.56 Å². The Bertz CT molecular complexity index is 712. The summed E-state index contributed by atoms with van der Waals surface area (Å²) in [5, 5.41) is 6.07. The zero-order valence-corrected chi connectivity index (χ0v) is 16.0. The standard InChI is InChI=1S/C21H28N2O3/c1-15(2)17-6-8-18(9-7-17)23-14-21(24)22-12-11-16-5-10-19(25-3)20(13-16)26-4/h5-10,13,15,23H,11-12,14H2,1-4H3,(H,22,24). The van der Waals surface area contributed by atoms with Crippen LogP contribution in [0.2, 0.25) is 0 Å². The summed E-state index contributed by atoms with van der Waals surface area (Å²) in [6.07, 6.45) is 0.731. The van der Waals surface area contributed by atoms with Gasteiger partial charge in [-0.05, 0) is 47.7 Å². The Morgan fingerprint density at radius 3 is 2.31 bits per heavy atom. The molecule has 0 heterocycles. The number of carbonyl (C=O) groups is 1. The number of carbonyl (C=O) groups excluding carboxylic acids is 1. The zero-order valence-electron chi connectivity index (χ0n) is 16.0. The fraction of sp³-hybridized carbons (Fsp3) is 0.381. The smallest absolute Gasteiger partial charge is 0.239 e. The highest BCUT2D eigenvalue weighted by Crippen LogP contribution is 2.27. The molecule has 1 amide bonds. The van der Waals surface area contributed by atoms with Crippen molar-refractivity contribution in [2.45, 2.75) is 26.2 Å². The maximum absolute atomic E-state index is 12.0. The van der Waals surface area contributed by atoms with Crippen molar-refractivity contribution in [3.63, 3.8) is 0 Å². The van der Waals surface area contributed by atoms with Gasteiger partial charge in [-0.1, -0.05) is 32.0 Å². The van der Waals surface area contributed by atoms with Gasteiger partial charge in [0.25, 0.3) is 0 Å². The third-order valence-electron chi connectivity index (χ3n) is 4.21. The minimum Gasteiger partial charge on any atom is -0.493 e. The van der Waals surface area contributed by atoms with Crippen LogP contribution in [-0.4, -0.2) is 33.2 Å². The molecule has 0 spiro atoms. The van der Waals surface area contributed by atoms with E-state index in [-0.39, 0.29) is 12.5 Å². The zero-order chi connectivity index (χ0) is 18.9. The highest BCUT2D eigenvalue weighted by molar-refractivity contribution is 5.80. The highest BCUT2D eigenvalue weighted by atomic mass is 16.5. The molecule has 5 nitrogen and oxygen atoms in total. The Morgan fingerprint density at radius 2 is 1.69 bits per heavy atom. The van der Waals surface area contributed by atoms with Gasteiger partial charge in [0.1, 0.15) is 0 Å². The molecule has 0 fully saturated rings. The fourth-order valence-corrected chi connectivity index (χ4v) is 2.61. The van der Waals surface area contributed by atoms with E-state index in [0.717, 1.165) is 17.7 Å². The van der Waals surface area contributed by atoms with Crippen LogP contribution in [0, 0.1) is 0 Å². The summed E-state index contributed by atoms with van der Waals surface area (Å²) < 4.78 is 10.5. The lowest BCUT2D eigenvalue weighted by molar-refractivity contribution is -0.119. The van der Waals surface area contributed by atoms with E-state index in [1.807, 2.05) is 30.3 Å². The fourth-order valence-electron chi connectivity index (χ4n) is 2.61. The molecule has 2 N–H and O–H groups in total. The maximum atomic E-state index is 12.0. The molecule has 0 aliphatic heterocycles. The summed E-state index contributed by atoms with van der Waals surface area (Å²) in [5.41, 5.74) is 3.32. The second-order valence-electron chi connectivity index (χ2n) is 6.42. The van der Waals surface area contributed by atoms with Gasteiger partial charge in [0, 0.05) is 12.2 Å². The van der Waals surface area contributed by atoms with Crippen LogP contribution >= 0.6 is 0 Å². The number of anilines is 1. The second kappa shape index (κ2) is 9.70. The Labute approximate surface area is 155 Å². The van der Waals surface area contributed by atoms with Gasteiger partial charge in [0.2, 0.25) is 5.91 Å². The van der Waals surface area contributed by atoms with Crippen LogP contribution in [0.25, 0.3) is 0 Å². The molecule has 0 bridgehead atoms. The Kier molecular flexibility index (Phi) is 7.33. The maximum Gasteiger partial charge on any atom is 0.239 e. The van der Waals surface area contributed by atoms with Gasteiger partial charge in [-0.3, -0.25) is 4.79 Å². The number of benzene rings is 2. The normalized spacial score (nSPS) is 10.5. The van der Waals surface area contributed by atoms with Crippen LogP contribution in [0.3, 0.4) is 0 Å². The number of nitrogens with one attached hydrogen (secondary N) is 2. The van der Waals surface area contributed by atoms with Gasteiger partial charge < -0.3 is 20.1 Å². The predicted octanol–water partition coefficient (Wildman–Crippen LogP) is 3.60. The minimum absolute atomic E-state index is 0.0292. The van der Waals surface area contributed by atoms with Crippen LogP contribution in [-0.2, 0) is 11.2 Å². The van der Waals surface area contributed by atoms with Gasteiger partial charge in [-0.25, -0.2) is 0 Å². The third-order valence-corrected chi connectivity index (χ3v) is 4.21. The van der Waals surface area contributed by atoms with E-state index in [1.54, 1.807) is 14.2 Å². The van der Waals surface area contributed by atoms with E-state index < -0.39 is 0 Å². The molecule has 0 saturated heterocycles. The number of methoxy groups -OCH3 is 2. The van der Waals surface area contributed by atoms with Crippen LogP contribution in [0.1, 0.15) is 30.9 Å². The molecule has 0 aliphatic carbocycles. The van der Waals surface area contributed by atoms with Crippen molar-refractivity contribution in [3.05, 3.63) is 53.6 Å². The average molecular weight is 356 g/mol. The minimum atomic E-state index is -0.0292. The number of ether oxygens (including phenoxy) is 2. The van der Waals surface area contributed by atoms with Crippen molar-refractivity contribution in [2.75, 3.05) is 32.6 Å². The molecule has 5 heteroatoms. The Morgan fingerprint density at radius 1 is 1.00 bits per heavy atom. The lowest BCUT2D eigenvalue weighted by Crippen LogP contribution is -2.31. The molecule has 140 valence electrons. The SMILES string of the molecule is COc1ccc(CCNC(=O)CNc2ccc(C(C)C)cc2)cc1OC. The molecule has 0 aliphatic rings. The molecular formula is C21H28N2O3. The van der Waals surface area contributed by atoms with Gasteiger partial charge >= 0.3 is 0 Å². The largest absolute Gasteiger partial charge is 0.493 e. The molecule has 2 aromatic carbocycles. The van der Waals surface area contributed by atoms with Crippen LogP contribution in [0.15, 0.2) is 42.5 Å². The molecule has 0 aromatic heterocycles. The van der Waals surface area contributed by atoms with Crippen molar-refractivity contribution in [3.8, 4) is 11.5 Å². The summed E-state index contributed by atoms with van der Waals surface area (Å²) >= 11 is 0. The van der Waals surface area contributed by atoms with E-state index in [2.05, 4.69) is 36.6 Å². The third kappa shape index (κ3) is 5.69. The molecule has 2 aromatic rings. The van der Waals surface area contributed by atoms with E-state index >= 15 is 0 Å². The summed E-state index contributed by atoms with van der Waals surface area (Å²) in [5.74, 6) is 1.87. The first-order valence-electron chi connectivity index (χ1n) is 8.85. The second-order valence-corrected chi connectivity index (χ2v) is 6.42. The topological polar surface area (TPSA) is 59.6 Å². The van der Waals surface area contributed by atoms with Gasteiger partial charge in [-0.15, -0.1) is 0 Å². The number of amides is 1. The summed E-state index contributed by atoms with van der Waals surface area (Å²) in [6.45, 7) is 5.15. The lowest BCUT2D eigenvalue weighted by atomic mass is 10.0. The van der Waals surface area contributed by atoms with Crippen molar-refractivity contribution in [1.82, 2.24) is 5.32 Å². The van der Waals surface area contributed by atoms with Crippen LogP contribution in [0.5, 0.6) is 11.5 Å². The van der Waals surface area contributed by atoms with Gasteiger partial charge in [0.05, 0.1) is 20.8 Å². The first kappa shape index (κ1) is 19.6. The van der Waals surface area contributed by atoms with E-state index in [0.29, 0.717) is 24.0 Å². The highest BCUT2D eigenvalue weighted by Gasteiger charge is 2.06. The summed E-state index contributed by atoms with van der Waals surface area (Å²) in [4.78, 5) is 12.0. The average Bonchev–Trinajstić information content (AvgIpc) is 2.66. The Balaban J connectivity index is 1.75. The van der Waals surface area contributed by atoms with Crippen LogP contribution < -0.4 is 20.1 Å². The van der Waals surface area contributed by atoms with Crippen LogP contribution in [0.4, 0.5) is 5.69 Å². The number of rotatable bonds is 9. The van der Waals surface area contributed by atoms with Crippen molar-refractivity contribution >= 4 is 11.6 Å². The van der Waals surface area contributed by atoms with E-state index in [4.69, 9.17) is 9.47 Å². The molecule has 0 saturated carbocycles. The number of hydrogen-bond acceptors (Lipinski definition) is 4. The van der Waals surface area contributed by atoms with E-state index in [9.17, 15) is 4.79 Å². The van der Waals surface area contributed by atoms with Gasteiger partial charge in [0.15, 0.2) is 11.5 Å².